The summed E-state index contributed by atoms with van der Waals surface area (Å²) in [5, 5.41) is 3.96. The van der Waals surface area contributed by atoms with E-state index in [2.05, 4.69) is 10.5 Å². The third-order valence-corrected chi connectivity index (χ3v) is 4.79. The van der Waals surface area contributed by atoms with E-state index in [4.69, 9.17) is 18.6 Å². The van der Waals surface area contributed by atoms with Crippen molar-refractivity contribution < 1.29 is 28.2 Å². The number of aryl methyl sites for hydroxylation is 1. The van der Waals surface area contributed by atoms with Gasteiger partial charge >= 0.3 is 0 Å². The van der Waals surface area contributed by atoms with E-state index in [0.717, 1.165) is 0 Å². The van der Waals surface area contributed by atoms with E-state index in [9.17, 15) is 9.59 Å². The van der Waals surface area contributed by atoms with Crippen LogP contribution in [-0.4, -0.2) is 61.9 Å². The molecule has 1 saturated heterocycles. The normalized spacial score (nSPS) is 18.8. The molecule has 0 saturated carbocycles. The molecule has 31 heavy (non-hydrogen) atoms. The Morgan fingerprint density at radius 1 is 1.23 bits per heavy atom. The molecule has 0 aliphatic carbocycles. The van der Waals surface area contributed by atoms with E-state index in [1.807, 2.05) is 13.8 Å². The maximum Gasteiger partial charge on any atom is 0.274 e. The molecular weight excluding hydrogens is 402 g/mol. The molecule has 0 spiro atoms. The van der Waals surface area contributed by atoms with Crippen LogP contribution in [-0.2, 0) is 9.53 Å². The van der Waals surface area contributed by atoms with Gasteiger partial charge in [-0.05, 0) is 50.6 Å². The first kappa shape index (κ1) is 22.4. The Balaban J connectivity index is 1.57. The molecule has 9 nitrogen and oxygen atoms in total. The summed E-state index contributed by atoms with van der Waals surface area (Å²) in [7, 11) is 1.51. The second kappa shape index (κ2) is 10.1. The summed E-state index contributed by atoms with van der Waals surface area (Å²) < 4.78 is 21.8. The Morgan fingerprint density at radius 3 is 2.61 bits per heavy atom. The third kappa shape index (κ3) is 5.85. The molecule has 2 amide bonds. The molecule has 1 aromatic carbocycles. The fourth-order valence-electron chi connectivity index (χ4n) is 3.34. The molecule has 1 aliphatic rings. The van der Waals surface area contributed by atoms with Crippen molar-refractivity contribution >= 4 is 18.0 Å². The molecule has 1 fully saturated rings. The van der Waals surface area contributed by atoms with E-state index in [0.29, 0.717) is 41.5 Å². The predicted octanol–water partition coefficient (Wildman–Crippen LogP) is 2.38. The van der Waals surface area contributed by atoms with Gasteiger partial charge in [0.2, 0.25) is 0 Å². The highest BCUT2D eigenvalue weighted by Crippen LogP contribution is 2.27. The first-order valence-corrected chi connectivity index (χ1v) is 9.99. The number of rotatable bonds is 7. The smallest absolute Gasteiger partial charge is 0.274 e. The molecule has 0 radical (unpaired) electrons. The van der Waals surface area contributed by atoms with Crippen molar-refractivity contribution in [2.45, 2.75) is 33.0 Å². The minimum Gasteiger partial charge on any atom is -0.493 e. The minimum atomic E-state index is -0.361. The monoisotopic (exact) mass is 429 g/mol. The molecule has 2 heterocycles. The highest BCUT2D eigenvalue weighted by Gasteiger charge is 2.26. The number of furan rings is 1. The lowest BCUT2D eigenvalue weighted by molar-refractivity contribution is -0.145. The van der Waals surface area contributed by atoms with Crippen LogP contribution in [0.2, 0.25) is 0 Å². The highest BCUT2D eigenvalue weighted by atomic mass is 16.5. The lowest BCUT2D eigenvalue weighted by atomic mass is 10.2. The highest BCUT2D eigenvalue weighted by molar-refractivity contribution is 5.95. The molecule has 9 heteroatoms. The Morgan fingerprint density at radius 2 is 1.97 bits per heavy atom. The van der Waals surface area contributed by atoms with Gasteiger partial charge in [0, 0.05) is 13.1 Å². The number of benzene rings is 1. The molecule has 1 aromatic heterocycles. The van der Waals surface area contributed by atoms with E-state index in [1.165, 1.54) is 19.6 Å². The number of hydrogen-bond donors (Lipinski definition) is 1. The minimum absolute atomic E-state index is 0.00118. The van der Waals surface area contributed by atoms with Crippen LogP contribution in [0.3, 0.4) is 0 Å². The third-order valence-electron chi connectivity index (χ3n) is 4.79. The summed E-state index contributed by atoms with van der Waals surface area (Å²) in [6.07, 6.45) is 2.93. The second-order valence-electron chi connectivity index (χ2n) is 7.34. The lowest BCUT2D eigenvalue weighted by Gasteiger charge is -2.35. The van der Waals surface area contributed by atoms with Gasteiger partial charge in [-0.1, -0.05) is 0 Å². The fourth-order valence-corrected chi connectivity index (χ4v) is 3.34. The summed E-state index contributed by atoms with van der Waals surface area (Å²) in [5.41, 5.74) is 3.56. The topological polar surface area (TPSA) is 103 Å². The molecule has 3 rings (SSSR count). The molecule has 166 valence electrons. The molecule has 2 unspecified atom stereocenters. The zero-order chi connectivity index (χ0) is 22.4. The van der Waals surface area contributed by atoms with Gasteiger partial charge in [-0.3, -0.25) is 9.59 Å². The summed E-state index contributed by atoms with van der Waals surface area (Å²) in [5.74, 6) is 0.955. The molecule has 0 bridgehead atoms. The molecule has 2 aromatic rings. The average molecular weight is 429 g/mol. The number of nitrogens with zero attached hydrogens (tertiary/aromatic N) is 2. The van der Waals surface area contributed by atoms with E-state index in [-0.39, 0.29) is 30.6 Å². The number of carbonyl (C=O) groups is 2. The maximum absolute atomic E-state index is 12.5. The SMILES string of the molecule is COc1cc(C=NNC(=O)c2ccoc2C)ccc1OCC(=O)N1CC(C)OC(C)C1. The number of carbonyl (C=O) groups excluding carboxylic acids is 2. The summed E-state index contributed by atoms with van der Waals surface area (Å²) in [6.45, 7) is 6.58. The Hall–Kier alpha value is -3.33. The molecule has 1 aliphatic heterocycles. The lowest BCUT2D eigenvalue weighted by Crippen LogP contribution is -2.49. The van der Waals surface area contributed by atoms with Gasteiger partial charge < -0.3 is 23.5 Å². The van der Waals surface area contributed by atoms with Crippen molar-refractivity contribution in [2.75, 3.05) is 26.8 Å². The predicted molar refractivity (Wildman–Crippen MR) is 114 cm³/mol. The number of ether oxygens (including phenoxy) is 3. The summed E-state index contributed by atoms with van der Waals surface area (Å²) in [4.78, 5) is 26.3. The van der Waals surface area contributed by atoms with Crippen molar-refractivity contribution in [3.63, 3.8) is 0 Å². The van der Waals surface area contributed by atoms with E-state index < -0.39 is 0 Å². The van der Waals surface area contributed by atoms with Gasteiger partial charge in [0.05, 0.1) is 37.4 Å². The molecule has 1 N–H and O–H groups in total. The van der Waals surface area contributed by atoms with E-state index >= 15 is 0 Å². The van der Waals surface area contributed by atoms with Crippen molar-refractivity contribution in [3.05, 3.63) is 47.4 Å². The van der Waals surface area contributed by atoms with Crippen LogP contribution in [0.4, 0.5) is 0 Å². The van der Waals surface area contributed by atoms with Gasteiger partial charge in [0.15, 0.2) is 18.1 Å². The van der Waals surface area contributed by atoms with Crippen LogP contribution < -0.4 is 14.9 Å². The van der Waals surface area contributed by atoms with Crippen LogP contribution in [0.5, 0.6) is 11.5 Å². The van der Waals surface area contributed by atoms with Gasteiger partial charge in [-0.25, -0.2) is 5.43 Å². The summed E-state index contributed by atoms with van der Waals surface area (Å²) >= 11 is 0. The Kier molecular flexibility index (Phi) is 7.30. The standard InChI is InChI=1S/C22H27N3O6/c1-14-11-25(12-15(2)31-14)21(26)13-30-19-6-5-17(9-20(19)28-4)10-23-24-22(27)18-7-8-29-16(18)3/h5-10,14-15H,11-13H2,1-4H3,(H,24,27). The van der Waals surface area contributed by atoms with E-state index in [1.54, 1.807) is 36.1 Å². The number of amides is 2. The van der Waals surface area contributed by atoms with Crippen molar-refractivity contribution in [1.29, 1.82) is 0 Å². The van der Waals surface area contributed by atoms with Gasteiger partial charge in [0.25, 0.3) is 11.8 Å². The van der Waals surface area contributed by atoms with Gasteiger partial charge in [-0.2, -0.15) is 5.10 Å². The van der Waals surface area contributed by atoms with Crippen molar-refractivity contribution in [3.8, 4) is 11.5 Å². The number of morpholine rings is 1. The van der Waals surface area contributed by atoms with Crippen LogP contribution in [0.1, 0.15) is 35.5 Å². The Labute approximate surface area is 180 Å². The van der Waals surface area contributed by atoms with Gasteiger partial charge in [-0.15, -0.1) is 0 Å². The molecular formula is C22H27N3O6. The molecule has 2 atom stereocenters. The average Bonchev–Trinajstić information content (AvgIpc) is 3.17. The number of methoxy groups -OCH3 is 1. The van der Waals surface area contributed by atoms with Crippen LogP contribution in [0, 0.1) is 6.92 Å². The summed E-state index contributed by atoms with van der Waals surface area (Å²) in [6, 6.07) is 6.73. The second-order valence-corrected chi connectivity index (χ2v) is 7.34. The number of nitrogens with one attached hydrogen (secondary N) is 1. The zero-order valence-electron chi connectivity index (χ0n) is 18.1. The first-order chi connectivity index (χ1) is 14.9. The van der Waals surface area contributed by atoms with Crippen LogP contribution in [0.25, 0.3) is 0 Å². The quantitative estimate of drug-likeness (QED) is 0.536. The number of hydrogen-bond acceptors (Lipinski definition) is 7. The number of hydrazone groups is 1. The largest absolute Gasteiger partial charge is 0.493 e. The maximum atomic E-state index is 12.5. The fraction of sp³-hybridized carbons (Fsp3) is 0.409. The first-order valence-electron chi connectivity index (χ1n) is 9.99. The van der Waals surface area contributed by atoms with Crippen LogP contribution >= 0.6 is 0 Å². The van der Waals surface area contributed by atoms with Crippen molar-refractivity contribution in [1.82, 2.24) is 10.3 Å². The van der Waals surface area contributed by atoms with Gasteiger partial charge in [0.1, 0.15) is 5.76 Å². The Bertz CT molecular complexity index is 944. The zero-order valence-corrected chi connectivity index (χ0v) is 18.1. The van der Waals surface area contributed by atoms with Crippen LogP contribution in [0.15, 0.2) is 40.0 Å². The van der Waals surface area contributed by atoms with Crippen molar-refractivity contribution in [2.24, 2.45) is 5.10 Å².